The van der Waals surface area contributed by atoms with Gasteiger partial charge in [-0.15, -0.1) is 11.5 Å². The van der Waals surface area contributed by atoms with Crippen LogP contribution in [0.25, 0.3) is 27.6 Å². The second-order valence-corrected chi connectivity index (χ2v) is 16.0. The minimum atomic E-state index is -2.30. The third kappa shape index (κ3) is 4.60. The maximum absolute atomic E-state index is 8.10. The molecule has 6 heteroatoms. The van der Waals surface area contributed by atoms with Crippen LogP contribution in [0.4, 0.5) is 17.1 Å². The first-order valence-corrected chi connectivity index (χ1v) is 17.1. The van der Waals surface area contributed by atoms with Crippen LogP contribution in [0.5, 0.6) is 0 Å². The molecule has 0 unspecified atom stereocenters. The van der Waals surface area contributed by atoms with E-state index >= 15 is 0 Å². The van der Waals surface area contributed by atoms with Gasteiger partial charge in [0.05, 0.1) is 26.1 Å². The van der Waals surface area contributed by atoms with Crippen LogP contribution in [-0.2, 0) is 21.1 Å². The summed E-state index contributed by atoms with van der Waals surface area (Å²) in [5.41, 5.74) is 5.85. The summed E-state index contributed by atoms with van der Waals surface area (Å²) in [6.07, 6.45) is 1.90. The molecule has 0 N–H and O–H groups in total. The van der Waals surface area contributed by atoms with Gasteiger partial charge in [-0.1, -0.05) is 68.5 Å². The maximum Gasteiger partial charge on any atom is 2.00 e. The SMILES string of the molecule is [2H]C([2H])([2H])N1CN(c2[c-]c([Si](C)(C)c3[c-]c4c(cc3)c3ccccc3n4-c3cc(C(C)C)ccn3)ccc2)c2ccccc21.[Pt+2]. The molecule has 1 aliphatic rings. The van der Waals surface area contributed by atoms with Crippen molar-refractivity contribution in [1.82, 2.24) is 9.55 Å². The van der Waals surface area contributed by atoms with Crippen LogP contribution < -0.4 is 20.2 Å². The van der Waals surface area contributed by atoms with Crippen LogP contribution in [0.3, 0.4) is 0 Å². The number of rotatable bonds is 5. The Morgan fingerprint density at radius 3 is 2.40 bits per heavy atom. The molecular weight excluding hydrogens is 712 g/mol. The van der Waals surface area contributed by atoms with Crippen LogP contribution >= 0.6 is 0 Å². The Kier molecular flexibility index (Phi) is 6.44. The van der Waals surface area contributed by atoms with Gasteiger partial charge in [0.1, 0.15) is 5.82 Å². The predicted octanol–water partition coefficient (Wildman–Crippen LogP) is 7.27. The summed E-state index contributed by atoms with van der Waals surface area (Å²) in [6.45, 7) is 7.08. The van der Waals surface area contributed by atoms with E-state index in [-0.39, 0.29) is 27.7 Å². The number of hydrogen-bond donors (Lipinski definition) is 0. The molecule has 0 bridgehead atoms. The van der Waals surface area contributed by atoms with Crippen LogP contribution in [0.2, 0.25) is 13.1 Å². The second-order valence-electron chi connectivity index (χ2n) is 11.6. The van der Waals surface area contributed by atoms with E-state index < -0.39 is 15.0 Å². The van der Waals surface area contributed by atoms with E-state index in [1.54, 1.807) is 0 Å². The van der Waals surface area contributed by atoms with Crippen molar-refractivity contribution < 1.29 is 25.2 Å². The molecule has 0 aliphatic carbocycles. The topological polar surface area (TPSA) is 24.3 Å². The molecule has 0 radical (unpaired) electrons. The third-order valence-electron chi connectivity index (χ3n) is 8.41. The average molecular weight is 749 g/mol. The van der Waals surface area contributed by atoms with E-state index in [1.807, 2.05) is 41.4 Å². The largest absolute Gasteiger partial charge is 2.00 e. The van der Waals surface area contributed by atoms with Crippen molar-refractivity contribution in [2.24, 2.45) is 0 Å². The summed E-state index contributed by atoms with van der Waals surface area (Å²) in [7, 11) is -2.30. The fourth-order valence-electron chi connectivity index (χ4n) is 5.96. The number of anilines is 3. The summed E-state index contributed by atoms with van der Waals surface area (Å²) in [5, 5.41) is 4.65. The monoisotopic (exact) mass is 748 g/mol. The molecule has 212 valence electrons. The van der Waals surface area contributed by atoms with E-state index in [0.717, 1.165) is 38.8 Å². The van der Waals surface area contributed by atoms with Crippen LogP contribution in [0.15, 0.2) is 97.2 Å². The molecule has 4 nitrogen and oxygen atoms in total. The molecule has 0 atom stereocenters. The van der Waals surface area contributed by atoms with Gasteiger partial charge in [-0.3, -0.25) is 0 Å². The molecule has 2 aromatic heterocycles. The van der Waals surface area contributed by atoms with E-state index in [2.05, 4.69) is 104 Å². The zero-order valence-corrected chi connectivity index (χ0v) is 27.4. The first-order chi connectivity index (χ1) is 21.0. The van der Waals surface area contributed by atoms with E-state index in [1.165, 1.54) is 21.0 Å². The first-order valence-electron chi connectivity index (χ1n) is 15.6. The van der Waals surface area contributed by atoms with Crippen molar-refractivity contribution in [3.8, 4) is 5.82 Å². The van der Waals surface area contributed by atoms with Gasteiger partial charge in [-0.25, -0.2) is 4.98 Å². The Hall–Kier alpha value is -3.66. The summed E-state index contributed by atoms with van der Waals surface area (Å²) < 4.78 is 26.6. The molecule has 1 aliphatic heterocycles. The fourth-order valence-corrected chi connectivity index (χ4v) is 8.13. The molecule has 42 heavy (non-hydrogen) atoms. The van der Waals surface area contributed by atoms with Gasteiger partial charge in [0.25, 0.3) is 0 Å². The molecule has 0 saturated heterocycles. The van der Waals surface area contributed by atoms with Crippen molar-refractivity contribution in [1.29, 1.82) is 0 Å². The molecule has 3 heterocycles. The Labute approximate surface area is 268 Å². The summed E-state index contributed by atoms with van der Waals surface area (Å²) in [6, 6.07) is 38.7. The smallest absolute Gasteiger partial charge is 0.355 e. The normalized spacial score (nSPS) is 14.5. The summed E-state index contributed by atoms with van der Waals surface area (Å²) in [4.78, 5) is 8.34. The van der Waals surface area contributed by atoms with Gasteiger partial charge in [-0.05, 0) is 47.2 Å². The summed E-state index contributed by atoms with van der Waals surface area (Å²) in [5.74, 6) is 1.29. The van der Waals surface area contributed by atoms with Crippen molar-refractivity contribution in [3.63, 3.8) is 0 Å². The standard InChI is InChI=1S/C36H34N4Si.Pt/c1-25(2)26-19-20-37-36(21-26)40-32-14-7-6-13-30(32)31-18-17-29(23-35(31)40)41(4,5)28-12-10-11-27(22-28)39-24-38(3)33-15-8-9-16-34(33)39;/h6-21,25H,24H2,1-5H3;/q-2;+2/i3D3;. The Balaban J connectivity index is 0.00000357. The fraction of sp³-hybridized carbons (Fsp3) is 0.194. The van der Waals surface area contributed by atoms with E-state index in [4.69, 9.17) is 9.10 Å². The van der Waals surface area contributed by atoms with Crippen LogP contribution in [0.1, 0.15) is 29.4 Å². The molecule has 7 rings (SSSR count). The number of para-hydroxylation sites is 3. The van der Waals surface area contributed by atoms with Gasteiger partial charge in [0.15, 0.2) is 0 Å². The molecule has 6 aromatic rings. The number of pyridine rings is 1. The number of fused-ring (bicyclic) bond motifs is 4. The molecule has 4 aromatic carbocycles. The zero-order valence-electron chi connectivity index (χ0n) is 27.1. The van der Waals surface area contributed by atoms with Crippen molar-refractivity contribution >= 4 is 57.3 Å². The summed E-state index contributed by atoms with van der Waals surface area (Å²) >= 11 is 0. The molecule has 0 spiro atoms. The van der Waals surface area contributed by atoms with E-state index in [0.29, 0.717) is 11.6 Å². The first kappa shape index (κ1) is 24.9. The van der Waals surface area contributed by atoms with Gasteiger partial charge < -0.3 is 14.4 Å². The number of benzene rings is 4. The van der Waals surface area contributed by atoms with Crippen LogP contribution in [-0.4, -0.2) is 31.3 Å². The second kappa shape index (κ2) is 10.9. The minimum Gasteiger partial charge on any atom is -0.355 e. The Bertz CT molecular complexity index is 2040. The number of hydrogen-bond acceptors (Lipinski definition) is 3. The Morgan fingerprint density at radius 1 is 0.833 bits per heavy atom. The Morgan fingerprint density at radius 2 is 1.60 bits per heavy atom. The van der Waals surface area contributed by atoms with Crippen molar-refractivity contribution in [2.45, 2.75) is 32.9 Å². The number of nitrogens with zero attached hydrogens (tertiary/aromatic N) is 4. The molecule has 0 amide bonds. The van der Waals surface area contributed by atoms with Crippen molar-refractivity contribution in [3.05, 3.63) is 115 Å². The van der Waals surface area contributed by atoms with E-state index in [9.17, 15) is 0 Å². The van der Waals surface area contributed by atoms with Gasteiger partial charge in [0, 0.05) is 22.8 Å². The van der Waals surface area contributed by atoms with Gasteiger partial charge in [0.2, 0.25) is 0 Å². The third-order valence-corrected chi connectivity index (χ3v) is 11.7. The maximum atomic E-state index is 8.10. The molecule has 0 fully saturated rings. The average Bonchev–Trinajstić information content (AvgIpc) is 3.58. The number of aromatic nitrogens is 2. The zero-order chi connectivity index (χ0) is 30.8. The predicted molar refractivity (Wildman–Crippen MR) is 175 cm³/mol. The minimum absolute atomic E-state index is 0. The van der Waals surface area contributed by atoms with Gasteiger partial charge >= 0.3 is 21.1 Å². The molecule has 0 saturated carbocycles. The van der Waals surface area contributed by atoms with Gasteiger partial charge in [-0.2, -0.15) is 46.8 Å². The quantitative estimate of drug-likeness (QED) is 0.137. The van der Waals surface area contributed by atoms with Crippen LogP contribution in [0, 0.1) is 12.1 Å². The van der Waals surface area contributed by atoms with Crippen molar-refractivity contribution in [2.75, 3.05) is 23.4 Å². The molecular formula is C36H34N4PtSi.